The summed E-state index contributed by atoms with van der Waals surface area (Å²) in [6.45, 7) is 2.18. The van der Waals surface area contributed by atoms with Crippen LogP contribution in [-0.4, -0.2) is 35.1 Å². The van der Waals surface area contributed by atoms with E-state index in [-0.39, 0.29) is 25.1 Å². The van der Waals surface area contributed by atoms with E-state index in [1.54, 1.807) is 0 Å². The molecule has 1 atom stereocenters. The van der Waals surface area contributed by atoms with E-state index in [1.165, 1.54) is 0 Å². The average Bonchev–Trinajstić information content (AvgIpc) is 2.64. The molecule has 3 amide bonds. The second-order valence-corrected chi connectivity index (χ2v) is 4.36. The fraction of sp³-hybridized carbons (Fsp3) is 0.385. The molecule has 0 aliphatic carbocycles. The predicted molar refractivity (Wildman–Crippen MR) is 65.9 cm³/mol. The molecule has 5 heteroatoms. The fourth-order valence-electron chi connectivity index (χ4n) is 1.94. The maximum absolute atomic E-state index is 12.1. The number of urea groups is 1. The lowest BCUT2D eigenvalue weighted by Crippen LogP contribution is -2.32. The van der Waals surface area contributed by atoms with E-state index in [4.69, 9.17) is 5.11 Å². The summed E-state index contributed by atoms with van der Waals surface area (Å²) in [5.41, 5.74) is 1.89. The van der Waals surface area contributed by atoms with Crippen molar-refractivity contribution >= 4 is 11.9 Å². The number of nitrogens with zero attached hydrogens (tertiary/aromatic N) is 1. The van der Waals surface area contributed by atoms with Crippen LogP contribution in [0.3, 0.4) is 0 Å². The number of carbonyl (C=O) groups excluding carboxylic acids is 2. The third kappa shape index (κ3) is 2.36. The quantitative estimate of drug-likeness (QED) is 0.780. The van der Waals surface area contributed by atoms with E-state index in [9.17, 15) is 9.59 Å². The molecule has 1 aliphatic heterocycles. The Labute approximate surface area is 105 Å². The number of carbonyl (C=O) groups is 2. The Kier molecular flexibility index (Phi) is 3.62. The number of hydrogen-bond acceptors (Lipinski definition) is 3. The van der Waals surface area contributed by atoms with Gasteiger partial charge < -0.3 is 10.4 Å². The highest BCUT2D eigenvalue weighted by Gasteiger charge is 2.38. The number of benzene rings is 1. The van der Waals surface area contributed by atoms with Gasteiger partial charge in [0.15, 0.2) is 0 Å². The first-order valence-corrected chi connectivity index (χ1v) is 5.93. The highest BCUT2D eigenvalue weighted by Crippen LogP contribution is 2.22. The Morgan fingerprint density at radius 2 is 1.94 bits per heavy atom. The smallest absolute Gasteiger partial charge is 0.325 e. The zero-order valence-corrected chi connectivity index (χ0v) is 10.2. The van der Waals surface area contributed by atoms with Crippen molar-refractivity contribution in [3.63, 3.8) is 0 Å². The lowest BCUT2D eigenvalue weighted by atomic mass is 10.1. The molecule has 2 N–H and O–H groups in total. The first-order chi connectivity index (χ1) is 8.63. The van der Waals surface area contributed by atoms with Crippen LogP contribution in [0.2, 0.25) is 0 Å². The van der Waals surface area contributed by atoms with Crippen molar-refractivity contribution in [3.8, 4) is 0 Å². The lowest BCUT2D eigenvalue weighted by Gasteiger charge is -2.12. The predicted octanol–water partition coefficient (Wildman–Crippen LogP) is 0.970. The van der Waals surface area contributed by atoms with Gasteiger partial charge in [-0.2, -0.15) is 0 Å². The molecule has 18 heavy (non-hydrogen) atoms. The molecule has 1 saturated heterocycles. The molecular weight excluding hydrogens is 232 g/mol. The number of rotatable bonds is 4. The number of aryl methyl sites for hydroxylation is 1. The summed E-state index contributed by atoms with van der Waals surface area (Å²) in [7, 11) is 0. The van der Waals surface area contributed by atoms with Gasteiger partial charge in [-0.15, -0.1) is 0 Å². The standard InChI is InChI=1S/C13H16N2O3/c1-9-3-5-10(6-4-9)11-12(17)15(7-2-8-16)13(18)14-11/h3-6,11,16H,2,7-8H2,1H3,(H,14,18). The van der Waals surface area contributed by atoms with Gasteiger partial charge in [0, 0.05) is 13.2 Å². The summed E-state index contributed by atoms with van der Waals surface area (Å²) >= 11 is 0. The van der Waals surface area contributed by atoms with Crippen LogP contribution in [0.1, 0.15) is 23.6 Å². The van der Waals surface area contributed by atoms with E-state index in [0.29, 0.717) is 6.42 Å². The Balaban J connectivity index is 2.14. The summed E-state index contributed by atoms with van der Waals surface area (Å²) in [6.07, 6.45) is 0.403. The van der Waals surface area contributed by atoms with Crippen LogP contribution >= 0.6 is 0 Å². The highest BCUT2D eigenvalue weighted by molar-refractivity contribution is 6.04. The lowest BCUT2D eigenvalue weighted by molar-refractivity contribution is -0.127. The Morgan fingerprint density at radius 3 is 2.56 bits per heavy atom. The third-order valence-corrected chi connectivity index (χ3v) is 2.98. The monoisotopic (exact) mass is 248 g/mol. The van der Waals surface area contributed by atoms with Gasteiger partial charge in [0.2, 0.25) is 0 Å². The molecular formula is C13H16N2O3. The van der Waals surface area contributed by atoms with Gasteiger partial charge >= 0.3 is 6.03 Å². The van der Waals surface area contributed by atoms with Crippen molar-refractivity contribution in [3.05, 3.63) is 35.4 Å². The average molecular weight is 248 g/mol. The second-order valence-electron chi connectivity index (χ2n) is 4.36. The van der Waals surface area contributed by atoms with Crippen molar-refractivity contribution in [1.29, 1.82) is 0 Å². The summed E-state index contributed by atoms with van der Waals surface area (Å²) in [6, 6.07) is 6.51. The van der Waals surface area contributed by atoms with Gasteiger partial charge in [0.05, 0.1) is 0 Å². The molecule has 0 radical (unpaired) electrons. The fourth-order valence-corrected chi connectivity index (χ4v) is 1.94. The van der Waals surface area contributed by atoms with Crippen LogP contribution in [0.25, 0.3) is 0 Å². The minimum absolute atomic E-state index is 0.0355. The first kappa shape index (κ1) is 12.6. The van der Waals surface area contributed by atoms with Gasteiger partial charge in [-0.1, -0.05) is 29.8 Å². The van der Waals surface area contributed by atoms with Gasteiger partial charge in [0.1, 0.15) is 6.04 Å². The molecule has 0 bridgehead atoms. The van der Waals surface area contributed by atoms with Crippen LogP contribution in [-0.2, 0) is 4.79 Å². The normalized spacial score (nSPS) is 19.2. The van der Waals surface area contributed by atoms with Crippen LogP contribution in [0, 0.1) is 6.92 Å². The van der Waals surface area contributed by atoms with E-state index < -0.39 is 6.04 Å². The molecule has 1 fully saturated rings. The first-order valence-electron chi connectivity index (χ1n) is 5.93. The molecule has 1 unspecified atom stereocenters. The maximum atomic E-state index is 12.1. The molecule has 96 valence electrons. The van der Waals surface area contributed by atoms with Crippen LogP contribution in [0.4, 0.5) is 4.79 Å². The molecule has 5 nitrogen and oxygen atoms in total. The molecule has 1 aromatic carbocycles. The van der Waals surface area contributed by atoms with E-state index in [2.05, 4.69) is 5.32 Å². The van der Waals surface area contributed by atoms with Gasteiger partial charge in [-0.25, -0.2) is 4.79 Å². The SMILES string of the molecule is Cc1ccc(C2NC(=O)N(CCCO)C2=O)cc1. The zero-order valence-electron chi connectivity index (χ0n) is 10.2. The summed E-state index contributed by atoms with van der Waals surface area (Å²) in [4.78, 5) is 24.9. The number of aliphatic hydroxyl groups excluding tert-OH is 1. The third-order valence-electron chi connectivity index (χ3n) is 2.98. The van der Waals surface area contributed by atoms with E-state index >= 15 is 0 Å². The number of aliphatic hydroxyl groups is 1. The van der Waals surface area contributed by atoms with Crippen molar-refractivity contribution in [2.75, 3.05) is 13.2 Å². The van der Waals surface area contributed by atoms with Crippen LogP contribution in [0.5, 0.6) is 0 Å². The van der Waals surface area contributed by atoms with Crippen LogP contribution in [0.15, 0.2) is 24.3 Å². The summed E-state index contributed by atoms with van der Waals surface area (Å²) < 4.78 is 0. The molecule has 2 rings (SSSR count). The van der Waals surface area contributed by atoms with E-state index in [1.807, 2.05) is 31.2 Å². The van der Waals surface area contributed by atoms with Gasteiger partial charge in [-0.05, 0) is 18.9 Å². The second kappa shape index (κ2) is 5.18. The van der Waals surface area contributed by atoms with Crippen molar-refractivity contribution in [2.24, 2.45) is 0 Å². The highest BCUT2D eigenvalue weighted by atomic mass is 16.3. The Bertz CT molecular complexity index is 456. The number of nitrogens with one attached hydrogen (secondary N) is 1. The summed E-state index contributed by atoms with van der Waals surface area (Å²) in [5, 5.41) is 11.4. The molecule has 1 aliphatic rings. The number of amides is 3. The summed E-state index contributed by atoms with van der Waals surface area (Å²) in [5.74, 6) is -0.252. The largest absolute Gasteiger partial charge is 0.396 e. The number of imide groups is 1. The minimum atomic E-state index is -0.600. The maximum Gasteiger partial charge on any atom is 0.325 e. The topological polar surface area (TPSA) is 69.6 Å². The minimum Gasteiger partial charge on any atom is -0.396 e. The molecule has 0 aromatic heterocycles. The van der Waals surface area contributed by atoms with Crippen molar-refractivity contribution < 1.29 is 14.7 Å². The zero-order chi connectivity index (χ0) is 13.1. The van der Waals surface area contributed by atoms with E-state index in [0.717, 1.165) is 16.0 Å². The molecule has 1 heterocycles. The number of hydrogen-bond donors (Lipinski definition) is 2. The van der Waals surface area contributed by atoms with Crippen molar-refractivity contribution in [2.45, 2.75) is 19.4 Å². The molecule has 0 saturated carbocycles. The Hall–Kier alpha value is -1.88. The van der Waals surface area contributed by atoms with Gasteiger partial charge in [-0.3, -0.25) is 9.69 Å². The molecule has 1 aromatic rings. The van der Waals surface area contributed by atoms with Crippen molar-refractivity contribution in [1.82, 2.24) is 10.2 Å². The van der Waals surface area contributed by atoms with Crippen LogP contribution < -0.4 is 5.32 Å². The van der Waals surface area contributed by atoms with Gasteiger partial charge in [0.25, 0.3) is 5.91 Å². The Morgan fingerprint density at radius 1 is 1.28 bits per heavy atom. The molecule has 0 spiro atoms.